The molecule has 0 radical (unpaired) electrons. The van der Waals surface area contributed by atoms with Gasteiger partial charge in [0.1, 0.15) is 0 Å². The average molecular weight is 370 g/mol. The van der Waals surface area contributed by atoms with Gasteiger partial charge in [-0.15, -0.1) is 0 Å². The van der Waals surface area contributed by atoms with Crippen molar-refractivity contribution in [3.05, 3.63) is 54.1 Å². The van der Waals surface area contributed by atoms with Crippen LogP contribution in [0.3, 0.4) is 0 Å². The minimum absolute atomic E-state index is 0.232. The Morgan fingerprint density at radius 3 is 2.78 bits per heavy atom. The van der Waals surface area contributed by atoms with Crippen LogP contribution in [0.15, 0.2) is 42.9 Å². The van der Waals surface area contributed by atoms with E-state index in [1.165, 1.54) is 11.3 Å². The molecule has 1 atom stereocenters. The maximum absolute atomic E-state index is 12.8. The highest BCUT2D eigenvalue weighted by molar-refractivity contribution is 5.77. The van der Waals surface area contributed by atoms with Crippen LogP contribution in [0.5, 0.6) is 0 Å². The van der Waals surface area contributed by atoms with Crippen LogP contribution in [-0.4, -0.2) is 58.1 Å². The first-order valence-corrected chi connectivity index (χ1v) is 9.75. The highest BCUT2D eigenvalue weighted by Gasteiger charge is 2.29. The molecule has 146 valence electrons. The molecule has 2 aromatic rings. The van der Waals surface area contributed by atoms with E-state index in [-0.39, 0.29) is 11.9 Å². The minimum Gasteiger partial charge on any atom is -0.383 e. The van der Waals surface area contributed by atoms with Crippen LogP contribution in [0.1, 0.15) is 31.0 Å². The van der Waals surface area contributed by atoms with Gasteiger partial charge in [0.25, 0.3) is 0 Å². The zero-order valence-electron chi connectivity index (χ0n) is 16.4. The van der Waals surface area contributed by atoms with Crippen LogP contribution in [0.25, 0.3) is 0 Å². The van der Waals surface area contributed by atoms with E-state index in [9.17, 15) is 4.79 Å². The summed E-state index contributed by atoms with van der Waals surface area (Å²) in [6.07, 6.45) is 5.30. The van der Waals surface area contributed by atoms with Crippen LogP contribution >= 0.6 is 0 Å². The fourth-order valence-corrected chi connectivity index (χ4v) is 3.68. The van der Waals surface area contributed by atoms with Gasteiger partial charge in [-0.1, -0.05) is 37.3 Å². The number of carbonyl (C=O) groups excluding carboxylic acids is 1. The summed E-state index contributed by atoms with van der Waals surface area (Å²) < 4.78 is 7.32. The third-order valence-corrected chi connectivity index (χ3v) is 5.26. The fraction of sp³-hybridized carbons (Fsp3) is 0.524. The molecule has 1 saturated heterocycles. The Morgan fingerprint density at radius 2 is 2.04 bits per heavy atom. The van der Waals surface area contributed by atoms with Crippen molar-refractivity contribution in [1.29, 1.82) is 0 Å². The number of ether oxygens (including phenoxy) is 1. The van der Waals surface area contributed by atoms with E-state index in [1.54, 1.807) is 7.11 Å². The molecule has 0 N–H and O–H groups in total. The average Bonchev–Trinajstić information content (AvgIpc) is 3.08. The van der Waals surface area contributed by atoms with Gasteiger partial charge >= 0.3 is 0 Å². The molecule has 3 rings (SSSR count). The first-order chi connectivity index (χ1) is 13.2. The second-order valence-corrected chi connectivity index (χ2v) is 7.13. The highest BCUT2D eigenvalue weighted by atomic mass is 16.5. The Hall–Kier alpha value is -2.18. The Balaban J connectivity index is 1.68. The fourth-order valence-electron chi connectivity index (χ4n) is 3.68. The lowest BCUT2D eigenvalue weighted by Gasteiger charge is -2.31. The molecule has 1 fully saturated rings. The van der Waals surface area contributed by atoms with E-state index < -0.39 is 0 Å². The third kappa shape index (κ3) is 5.17. The van der Waals surface area contributed by atoms with Crippen molar-refractivity contribution in [1.82, 2.24) is 19.4 Å². The maximum atomic E-state index is 12.8. The highest BCUT2D eigenvalue weighted by Crippen LogP contribution is 2.19. The molecule has 1 aliphatic rings. The molecule has 0 unspecified atom stereocenters. The second kappa shape index (κ2) is 9.67. The lowest BCUT2D eigenvalue weighted by atomic mass is 10.1. The van der Waals surface area contributed by atoms with Crippen LogP contribution in [0, 0.1) is 0 Å². The number of rotatable bonds is 8. The van der Waals surface area contributed by atoms with Gasteiger partial charge in [0.15, 0.2) is 0 Å². The molecule has 0 aliphatic carbocycles. The van der Waals surface area contributed by atoms with E-state index in [4.69, 9.17) is 4.74 Å². The van der Waals surface area contributed by atoms with Gasteiger partial charge in [-0.05, 0) is 12.0 Å². The van der Waals surface area contributed by atoms with Gasteiger partial charge in [-0.25, -0.2) is 4.98 Å². The van der Waals surface area contributed by atoms with Crippen molar-refractivity contribution in [3.8, 4) is 0 Å². The molecule has 1 aromatic heterocycles. The summed E-state index contributed by atoms with van der Waals surface area (Å²) in [5.74, 6) is 0.251. The van der Waals surface area contributed by atoms with Gasteiger partial charge in [0.05, 0.1) is 18.6 Å². The summed E-state index contributed by atoms with van der Waals surface area (Å²) in [4.78, 5) is 21.6. The predicted molar refractivity (Wildman–Crippen MR) is 105 cm³/mol. The van der Waals surface area contributed by atoms with Gasteiger partial charge in [-0.2, -0.15) is 0 Å². The second-order valence-electron chi connectivity index (χ2n) is 7.13. The third-order valence-electron chi connectivity index (χ3n) is 5.26. The lowest BCUT2D eigenvalue weighted by molar-refractivity contribution is -0.133. The van der Waals surface area contributed by atoms with Gasteiger partial charge < -0.3 is 14.2 Å². The molecule has 6 heteroatoms. The molecular formula is C21H30N4O2. The predicted octanol–water partition coefficient (Wildman–Crippen LogP) is 2.54. The van der Waals surface area contributed by atoms with Crippen molar-refractivity contribution in [2.24, 2.45) is 0 Å². The first-order valence-electron chi connectivity index (χ1n) is 9.75. The number of imidazole rings is 1. The molecular weight excluding hydrogens is 340 g/mol. The zero-order valence-corrected chi connectivity index (χ0v) is 16.4. The topological polar surface area (TPSA) is 50.6 Å². The smallest absolute Gasteiger partial charge is 0.224 e. The van der Waals surface area contributed by atoms with E-state index in [0.717, 1.165) is 32.6 Å². The minimum atomic E-state index is 0.232. The van der Waals surface area contributed by atoms with Crippen molar-refractivity contribution < 1.29 is 9.53 Å². The number of hydrogen-bond donors (Lipinski definition) is 0. The standard InChI is InChI=1S/C21H30N4O2/c1-3-19-15-23(16-20-13-22-17-24(20)11-12-27-2)10-9-21(26)25(19)14-18-7-5-4-6-8-18/h4-8,13,17,19H,3,9-12,14-16H2,1-2H3/t19-/m1/s1. The molecule has 2 heterocycles. The van der Waals surface area contributed by atoms with Crippen molar-refractivity contribution in [3.63, 3.8) is 0 Å². The summed E-state index contributed by atoms with van der Waals surface area (Å²) in [6, 6.07) is 10.5. The molecule has 0 spiro atoms. The summed E-state index contributed by atoms with van der Waals surface area (Å²) in [7, 11) is 1.71. The van der Waals surface area contributed by atoms with Crippen LogP contribution < -0.4 is 0 Å². The quantitative estimate of drug-likeness (QED) is 0.717. The summed E-state index contributed by atoms with van der Waals surface area (Å²) in [6.45, 7) is 6.83. The molecule has 1 aromatic carbocycles. The molecule has 27 heavy (non-hydrogen) atoms. The van der Waals surface area contributed by atoms with Crippen molar-refractivity contribution >= 4 is 5.91 Å². The van der Waals surface area contributed by atoms with E-state index in [2.05, 4.69) is 38.4 Å². The Morgan fingerprint density at radius 1 is 1.22 bits per heavy atom. The molecule has 0 saturated carbocycles. The van der Waals surface area contributed by atoms with E-state index >= 15 is 0 Å². The number of benzene rings is 1. The number of methoxy groups -OCH3 is 1. The summed E-state index contributed by atoms with van der Waals surface area (Å²) >= 11 is 0. The molecule has 1 aliphatic heterocycles. The number of carbonyl (C=O) groups is 1. The molecule has 1 amide bonds. The van der Waals surface area contributed by atoms with Gasteiger partial charge in [-0.3, -0.25) is 9.69 Å². The number of nitrogens with zero attached hydrogens (tertiary/aromatic N) is 4. The zero-order chi connectivity index (χ0) is 19.1. The molecule has 0 bridgehead atoms. The maximum Gasteiger partial charge on any atom is 0.224 e. The van der Waals surface area contributed by atoms with E-state index in [1.807, 2.05) is 30.7 Å². The van der Waals surface area contributed by atoms with Gasteiger partial charge in [0, 0.05) is 58.5 Å². The van der Waals surface area contributed by atoms with Crippen molar-refractivity contribution in [2.45, 2.75) is 45.4 Å². The SMILES string of the molecule is CC[C@@H]1CN(Cc2cncn2CCOC)CCC(=O)N1Cc1ccccc1. The largest absolute Gasteiger partial charge is 0.383 e. The van der Waals surface area contributed by atoms with Gasteiger partial charge in [0.2, 0.25) is 5.91 Å². The number of amides is 1. The number of aromatic nitrogens is 2. The lowest BCUT2D eigenvalue weighted by Crippen LogP contribution is -2.42. The molecule has 6 nitrogen and oxygen atoms in total. The Kier molecular flexibility index (Phi) is 7.01. The number of hydrogen-bond acceptors (Lipinski definition) is 4. The summed E-state index contributed by atoms with van der Waals surface area (Å²) in [5, 5.41) is 0. The van der Waals surface area contributed by atoms with E-state index in [0.29, 0.717) is 19.6 Å². The first kappa shape index (κ1) is 19.6. The van der Waals surface area contributed by atoms with Crippen LogP contribution in [-0.2, 0) is 29.2 Å². The van der Waals surface area contributed by atoms with Crippen LogP contribution in [0.2, 0.25) is 0 Å². The Labute approximate surface area is 161 Å². The Bertz CT molecular complexity index is 716. The summed E-state index contributed by atoms with van der Waals surface area (Å²) in [5.41, 5.74) is 2.36. The monoisotopic (exact) mass is 370 g/mol. The van der Waals surface area contributed by atoms with Crippen LogP contribution in [0.4, 0.5) is 0 Å². The normalized spacial score (nSPS) is 18.7. The van der Waals surface area contributed by atoms with Crippen molar-refractivity contribution in [2.75, 3.05) is 26.8 Å².